The summed E-state index contributed by atoms with van der Waals surface area (Å²) in [6, 6.07) is 7.85. The molecule has 0 saturated carbocycles. The van der Waals surface area contributed by atoms with Gasteiger partial charge in [0.2, 0.25) is 11.9 Å². The summed E-state index contributed by atoms with van der Waals surface area (Å²) in [5.41, 5.74) is 2.76. The van der Waals surface area contributed by atoms with Crippen LogP contribution in [0, 0.1) is 0 Å². The minimum absolute atomic E-state index is 0.151. The molecule has 8 nitrogen and oxygen atoms in total. The van der Waals surface area contributed by atoms with E-state index in [0.717, 1.165) is 42.2 Å². The van der Waals surface area contributed by atoms with Crippen LogP contribution < -0.4 is 9.64 Å². The number of aromatic nitrogens is 2. The molecule has 1 amide bonds. The minimum atomic E-state index is -0.239. The first kappa shape index (κ1) is 23.0. The van der Waals surface area contributed by atoms with Crippen LogP contribution in [0.3, 0.4) is 0 Å². The molecule has 0 bridgehead atoms. The number of hydrogen-bond donors (Lipinski definition) is 0. The monoisotopic (exact) mass is 427 g/mol. The van der Waals surface area contributed by atoms with E-state index in [1.807, 2.05) is 68.2 Å². The molecule has 8 heteroatoms. The van der Waals surface area contributed by atoms with E-state index in [-0.39, 0.29) is 12.0 Å². The third-order valence-electron chi connectivity index (χ3n) is 5.54. The summed E-state index contributed by atoms with van der Waals surface area (Å²) in [4.78, 5) is 27.9. The predicted octanol–water partition coefficient (Wildman–Crippen LogP) is 2.46. The van der Waals surface area contributed by atoms with Crippen LogP contribution in [0.25, 0.3) is 11.1 Å². The summed E-state index contributed by atoms with van der Waals surface area (Å²) in [6.07, 6.45) is 1.61. The number of methoxy groups -OCH3 is 1. The maximum atomic E-state index is 12.6. The van der Waals surface area contributed by atoms with E-state index >= 15 is 0 Å². The molecule has 1 saturated heterocycles. The molecule has 1 aliphatic rings. The van der Waals surface area contributed by atoms with Gasteiger partial charge in [-0.15, -0.1) is 0 Å². The summed E-state index contributed by atoms with van der Waals surface area (Å²) in [6.45, 7) is 7.76. The smallest absolute Gasteiger partial charge is 0.236 e. The average Bonchev–Trinajstić information content (AvgIpc) is 2.79. The molecule has 31 heavy (non-hydrogen) atoms. The third-order valence-corrected chi connectivity index (χ3v) is 5.54. The maximum absolute atomic E-state index is 12.6. The quantitative estimate of drug-likeness (QED) is 0.641. The lowest BCUT2D eigenvalue weighted by Gasteiger charge is -2.34. The first-order valence-corrected chi connectivity index (χ1v) is 10.8. The van der Waals surface area contributed by atoms with Crippen LogP contribution in [0.2, 0.25) is 0 Å². The van der Waals surface area contributed by atoms with Crippen LogP contribution >= 0.6 is 0 Å². The molecule has 1 unspecified atom stereocenters. The number of hydrogen-bond acceptors (Lipinski definition) is 7. The summed E-state index contributed by atoms with van der Waals surface area (Å²) in [5.74, 6) is 1.58. The Balaban J connectivity index is 1.88. The molecule has 0 N–H and O–H groups in total. The highest BCUT2D eigenvalue weighted by Gasteiger charge is 2.28. The van der Waals surface area contributed by atoms with Crippen LogP contribution in [0.15, 0.2) is 30.5 Å². The van der Waals surface area contributed by atoms with Crippen LogP contribution in [0.1, 0.15) is 25.6 Å². The second kappa shape index (κ2) is 10.5. The van der Waals surface area contributed by atoms with Gasteiger partial charge in [0.15, 0.2) is 0 Å². The Labute approximate surface area is 184 Å². The molecule has 1 fully saturated rings. The van der Waals surface area contributed by atoms with Crippen molar-refractivity contribution in [3.05, 3.63) is 36.2 Å². The zero-order valence-corrected chi connectivity index (χ0v) is 19.2. The third kappa shape index (κ3) is 5.51. The number of nitrogens with zero attached hydrogens (tertiary/aromatic N) is 5. The zero-order valence-electron chi connectivity index (χ0n) is 19.2. The number of morpholine rings is 1. The number of rotatable bonds is 8. The van der Waals surface area contributed by atoms with Gasteiger partial charge in [0, 0.05) is 52.0 Å². The molecule has 0 radical (unpaired) electrons. The van der Waals surface area contributed by atoms with Gasteiger partial charge in [-0.05, 0) is 31.5 Å². The van der Waals surface area contributed by atoms with Gasteiger partial charge >= 0.3 is 0 Å². The Morgan fingerprint density at radius 3 is 2.55 bits per heavy atom. The fourth-order valence-corrected chi connectivity index (χ4v) is 3.72. The fraction of sp³-hybridized carbons (Fsp3) is 0.522. The lowest BCUT2D eigenvalue weighted by molar-refractivity contribution is -0.134. The molecule has 1 atom stereocenters. The van der Waals surface area contributed by atoms with Crippen molar-refractivity contribution >= 4 is 11.9 Å². The molecule has 1 aromatic heterocycles. The second-order valence-electron chi connectivity index (χ2n) is 7.75. The molecule has 2 aromatic rings. The number of benzene rings is 1. The summed E-state index contributed by atoms with van der Waals surface area (Å²) in [5, 5.41) is 0. The number of likely N-dealkylation sites (N-methyl/N-ethyl adjacent to an activating group) is 1. The number of amides is 1. The van der Waals surface area contributed by atoms with Crippen molar-refractivity contribution in [2.24, 2.45) is 0 Å². The minimum Gasteiger partial charge on any atom is -0.497 e. The van der Waals surface area contributed by atoms with E-state index < -0.39 is 0 Å². The van der Waals surface area contributed by atoms with E-state index in [9.17, 15) is 4.79 Å². The van der Waals surface area contributed by atoms with Crippen molar-refractivity contribution in [3.63, 3.8) is 0 Å². The number of carbonyl (C=O) groups excluding carboxylic acids is 1. The standard InChI is InChI=1S/C23H33N5O3/c1-6-28(7-2)21(29)16-27-12-13-31-20(15-27)22-19(14-24-23(25-22)26(3)4)17-8-10-18(30-5)11-9-17/h8-11,14,20H,6-7,12-13,15-16H2,1-5H3. The lowest BCUT2D eigenvalue weighted by Crippen LogP contribution is -2.45. The highest BCUT2D eigenvalue weighted by molar-refractivity contribution is 5.78. The average molecular weight is 428 g/mol. The van der Waals surface area contributed by atoms with E-state index in [0.29, 0.717) is 25.6 Å². The number of carbonyl (C=O) groups is 1. The summed E-state index contributed by atoms with van der Waals surface area (Å²) >= 11 is 0. The van der Waals surface area contributed by atoms with Gasteiger partial charge in [-0.25, -0.2) is 9.97 Å². The first-order valence-electron chi connectivity index (χ1n) is 10.8. The number of ether oxygens (including phenoxy) is 2. The van der Waals surface area contributed by atoms with Crippen molar-refractivity contribution in [3.8, 4) is 16.9 Å². The van der Waals surface area contributed by atoms with Crippen molar-refractivity contribution in [1.29, 1.82) is 0 Å². The zero-order chi connectivity index (χ0) is 22.4. The van der Waals surface area contributed by atoms with Gasteiger partial charge in [0.25, 0.3) is 0 Å². The maximum Gasteiger partial charge on any atom is 0.236 e. The molecule has 0 spiro atoms. The Morgan fingerprint density at radius 1 is 1.23 bits per heavy atom. The Morgan fingerprint density at radius 2 is 1.94 bits per heavy atom. The fourth-order valence-electron chi connectivity index (χ4n) is 3.72. The van der Waals surface area contributed by atoms with Gasteiger partial charge in [-0.3, -0.25) is 9.69 Å². The van der Waals surface area contributed by atoms with Crippen LogP contribution in [0.5, 0.6) is 5.75 Å². The summed E-state index contributed by atoms with van der Waals surface area (Å²) < 4.78 is 11.4. The summed E-state index contributed by atoms with van der Waals surface area (Å²) in [7, 11) is 5.49. The second-order valence-corrected chi connectivity index (χ2v) is 7.75. The van der Waals surface area contributed by atoms with E-state index in [1.54, 1.807) is 7.11 Å². The Hall–Kier alpha value is -2.71. The highest BCUT2D eigenvalue weighted by atomic mass is 16.5. The first-order chi connectivity index (χ1) is 15.0. The van der Waals surface area contributed by atoms with Gasteiger partial charge in [0.05, 0.1) is 26.0 Å². The predicted molar refractivity (Wildman–Crippen MR) is 121 cm³/mol. The molecular formula is C23H33N5O3. The van der Waals surface area contributed by atoms with Gasteiger partial charge in [0.1, 0.15) is 11.9 Å². The van der Waals surface area contributed by atoms with Crippen LogP contribution in [-0.2, 0) is 9.53 Å². The van der Waals surface area contributed by atoms with E-state index in [2.05, 4.69) is 9.88 Å². The SMILES string of the molecule is CCN(CC)C(=O)CN1CCOC(c2nc(N(C)C)ncc2-c2ccc(OC)cc2)C1. The molecule has 3 rings (SSSR count). The van der Waals surface area contributed by atoms with Crippen LogP contribution in [-0.4, -0.2) is 86.2 Å². The lowest BCUT2D eigenvalue weighted by atomic mass is 10.0. The molecule has 1 aromatic carbocycles. The van der Waals surface area contributed by atoms with Gasteiger partial charge in [-0.2, -0.15) is 0 Å². The highest BCUT2D eigenvalue weighted by Crippen LogP contribution is 2.32. The Bertz CT molecular complexity index is 868. The largest absolute Gasteiger partial charge is 0.497 e. The van der Waals surface area contributed by atoms with Crippen molar-refractivity contribution in [1.82, 2.24) is 19.8 Å². The Kier molecular flexibility index (Phi) is 7.81. The van der Waals surface area contributed by atoms with Crippen molar-refractivity contribution in [2.75, 3.05) is 65.4 Å². The molecule has 0 aliphatic carbocycles. The van der Waals surface area contributed by atoms with E-state index in [1.165, 1.54) is 0 Å². The van der Waals surface area contributed by atoms with Crippen LogP contribution in [0.4, 0.5) is 5.95 Å². The topological polar surface area (TPSA) is 71.0 Å². The van der Waals surface area contributed by atoms with E-state index in [4.69, 9.17) is 14.5 Å². The van der Waals surface area contributed by atoms with Crippen molar-refractivity contribution in [2.45, 2.75) is 20.0 Å². The molecule has 2 heterocycles. The normalized spacial score (nSPS) is 16.7. The number of anilines is 1. The van der Waals surface area contributed by atoms with Gasteiger partial charge < -0.3 is 19.3 Å². The molecule has 168 valence electrons. The molecular weight excluding hydrogens is 394 g/mol. The molecule has 1 aliphatic heterocycles. The van der Waals surface area contributed by atoms with Crippen molar-refractivity contribution < 1.29 is 14.3 Å². The van der Waals surface area contributed by atoms with Gasteiger partial charge in [-0.1, -0.05) is 12.1 Å².